The highest BCUT2D eigenvalue weighted by Gasteiger charge is 2.29. The lowest BCUT2D eigenvalue weighted by Gasteiger charge is -2.20. The van der Waals surface area contributed by atoms with E-state index in [-0.39, 0.29) is 0 Å². The summed E-state index contributed by atoms with van der Waals surface area (Å²) < 4.78 is 0. The van der Waals surface area contributed by atoms with Crippen molar-refractivity contribution < 1.29 is 0 Å². The van der Waals surface area contributed by atoms with Crippen LogP contribution in [0.15, 0.2) is 12.4 Å². The molecule has 0 aliphatic carbocycles. The molecule has 0 amide bonds. The first kappa shape index (κ1) is 9.71. The SMILES string of the molecule is CC1(C)CCN(c2cncc(Cl)n2)C1. The number of hydrogen-bond donors (Lipinski definition) is 0. The molecule has 2 rings (SSSR count). The molecular weight excluding hydrogens is 198 g/mol. The van der Waals surface area contributed by atoms with E-state index in [0.29, 0.717) is 10.6 Å². The van der Waals surface area contributed by atoms with Gasteiger partial charge in [0, 0.05) is 13.1 Å². The summed E-state index contributed by atoms with van der Waals surface area (Å²) in [7, 11) is 0. The zero-order chi connectivity index (χ0) is 10.2. The van der Waals surface area contributed by atoms with E-state index in [0.717, 1.165) is 18.9 Å². The van der Waals surface area contributed by atoms with Crippen LogP contribution in [0.2, 0.25) is 5.15 Å². The maximum absolute atomic E-state index is 5.79. The highest BCUT2D eigenvalue weighted by Crippen LogP contribution is 2.31. The van der Waals surface area contributed by atoms with Crippen LogP contribution in [0.1, 0.15) is 20.3 Å². The molecule has 0 atom stereocenters. The van der Waals surface area contributed by atoms with Crippen molar-refractivity contribution in [2.75, 3.05) is 18.0 Å². The molecule has 1 saturated heterocycles. The number of halogens is 1. The molecule has 0 aromatic carbocycles. The Balaban J connectivity index is 2.17. The first-order valence-corrected chi connectivity index (χ1v) is 5.17. The first-order chi connectivity index (χ1) is 6.57. The molecule has 1 aromatic rings. The van der Waals surface area contributed by atoms with Crippen molar-refractivity contribution in [1.29, 1.82) is 0 Å². The highest BCUT2D eigenvalue weighted by molar-refractivity contribution is 6.29. The van der Waals surface area contributed by atoms with E-state index in [2.05, 4.69) is 28.7 Å². The molecule has 1 fully saturated rings. The molecule has 1 aliphatic rings. The van der Waals surface area contributed by atoms with Crippen LogP contribution in [0, 0.1) is 5.41 Å². The molecule has 2 heterocycles. The molecule has 1 aromatic heterocycles. The molecule has 76 valence electrons. The van der Waals surface area contributed by atoms with Gasteiger partial charge in [-0.15, -0.1) is 0 Å². The molecule has 4 heteroatoms. The molecule has 14 heavy (non-hydrogen) atoms. The van der Waals surface area contributed by atoms with Gasteiger partial charge in [0.2, 0.25) is 0 Å². The van der Waals surface area contributed by atoms with Gasteiger partial charge in [0.15, 0.2) is 0 Å². The van der Waals surface area contributed by atoms with Gasteiger partial charge in [0.05, 0.1) is 12.4 Å². The lowest BCUT2D eigenvalue weighted by atomic mass is 9.93. The Morgan fingerprint density at radius 1 is 1.43 bits per heavy atom. The third-order valence-corrected chi connectivity index (χ3v) is 2.78. The fourth-order valence-electron chi connectivity index (χ4n) is 1.79. The molecule has 0 bridgehead atoms. The van der Waals surface area contributed by atoms with Crippen LogP contribution in [0.4, 0.5) is 5.82 Å². The number of nitrogens with zero attached hydrogens (tertiary/aromatic N) is 3. The van der Waals surface area contributed by atoms with Crippen molar-refractivity contribution in [1.82, 2.24) is 9.97 Å². The van der Waals surface area contributed by atoms with Gasteiger partial charge in [-0.2, -0.15) is 0 Å². The van der Waals surface area contributed by atoms with Gasteiger partial charge in [0.25, 0.3) is 0 Å². The van der Waals surface area contributed by atoms with Crippen molar-refractivity contribution in [3.8, 4) is 0 Å². The van der Waals surface area contributed by atoms with Gasteiger partial charge in [0.1, 0.15) is 11.0 Å². The minimum Gasteiger partial charge on any atom is -0.355 e. The van der Waals surface area contributed by atoms with Gasteiger partial charge in [-0.05, 0) is 11.8 Å². The Labute approximate surface area is 89.1 Å². The lowest BCUT2D eigenvalue weighted by Crippen LogP contribution is -2.23. The third-order valence-electron chi connectivity index (χ3n) is 2.59. The van der Waals surface area contributed by atoms with E-state index in [1.165, 1.54) is 6.42 Å². The van der Waals surface area contributed by atoms with Crippen molar-refractivity contribution in [2.45, 2.75) is 20.3 Å². The summed E-state index contributed by atoms with van der Waals surface area (Å²) in [5, 5.41) is 0.465. The smallest absolute Gasteiger partial charge is 0.149 e. The van der Waals surface area contributed by atoms with Gasteiger partial charge in [-0.3, -0.25) is 4.98 Å². The largest absolute Gasteiger partial charge is 0.355 e. The molecule has 0 spiro atoms. The van der Waals surface area contributed by atoms with Crippen molar-refractivity contribution in [3.05, 3.63) is 17.5 Å². The molecule has 0 N–H and O–H groups in total. The summed E-state index contributed by atoms with van der Waals surface area (Å²) in [6.45, 7) is 6.61. The fraction of sp³-hybridized carbons (Fsp3) is 0.600. The van der Waals surface area contributed by atoms with Crippen LogP contribution in [-0.4, -0.2) is 23.1 Å². The second-order valence-electron chi connectivity index (χ2n) is 4.54. The van der Waals surface area contributed by atoms with Crippen molar-refractivity contribution in [2.24, 2.45) is 5.41 Å². The molecule has 0 saturated carbocycles. The molecular formula is C10H14ClN3. The van der Waals surface area contributed by atoms with Crippen molar-refractivity contribution in [3.63, 3.8) is 0 Å². The van der Waals surface area contributed by atoms with E-state index < -0.39 is 0 Å². The van der Waals surface area contributed by atoms with Crippen LogP contribution in [-0.2, 0) is 0 Å². The minimum atomic E-state index is 0.379. The number of anilines is 1. The second kappa shape index (κ2) is 3.39. The van der Waals surface area contributed by atoms with Gasteiger partial charge in [-0.25, -0.2) is 4.98 Å². The van der Waals surface area contributed by atoms with E-state index >= 15 is 0 Å². The Kier molecular flexibility index (Phi) is 2.35. The maximum Gasteiger partial charge on any atom is 0.149 e. The van der Waals surface area contributed by atoms with Crippen LogP contribution in [0.25, 0.3) is 0 Å². The van der Waals surface area contributed by atoms with Gasteiger partial charge in [-0.1, -0.05) is 25.4 Å². The molecule has 0 radical (unpaired) electrons. The van der Waals surface area contributed by atoms with E-state index in [1.807, 2.05) is 0 Å². The van der Waals surface area contributed by atoms with Crippen LogP contribution in [0.3, 0.4) is 0 Å². The third kappa shape index (κ3) is 1.98. The zero-order valence-corrected chi connectivity index (χ0v) is 9.25. The summed E-state index contributed by atoms with van der Waals surface area (Å²) >= 11 is 5.79. The fourth-order valence-corrected chi connectivity index (χ4v) is 1.94. The monoisotopic (exact) mass is 211 g/mol. The van der Waals surface area contributed by atoms with Gasteiger partial charge < -0.3 is 4.90 Å². The Hall–Kier alpha value is -0.830. The summed E-state index contributed by atoms with van der Waals surface area (Å²) in [6, 6.07) is 0. The second-order valence-corrected chi connectivity index (χ2v) is 4.92. The Morgan fingerprint density at radius 3 is 2.79 bits per heavy atom. The number of rotatable bonds is 1. The maximum atomic E-state index is 5.79. The topological polar surface area (TPSA) is 29.0 Å². The summed E-state index contributed by atoms with van der Waals surface area (Å²) in [6.07, 6.45) is 4.53. The Bertz CT molecular complexity index is 338. The lowest BCUT2D eigenvalue weighted by molar-refractivity contribution is 0.418. The number of aromatic nitrogens is 2. The van der Waals surface area contributed by atoms with E-state index in [1.54, 1.807) is 12.4 Å². The standard InChI is InChI=1S/C10H14ClN3/c1-10(2)3-4-14(7-10)9-6-12-5-8(11)13-9/h5-6H,3-4,7H2,1-2H3. The van der Waals surface area contributed by atoms with E-state index in [9.17, 15) is 0 Å². The summed E-state index contributed by atoms with van der Waals surface area (Å²) in [4.78, 5) is 10.5. The molecule has 1 aliphatic heterocycles. The number of hydrogen-bond acceptors (Lipinski definition) is 3. The predicted molar refractivity (Wildman–Crippen MR) is 57.7 cm³/mol. The molecule has 3 nitrogen and oxygen atoms in total. The normalized spacial score (nSPS) is 20.1. The summed E-state index contributed by atoms with van der Waals surface area (Å²) in [5.74, 6) is 0.892. The highest BCUT2D eigenvalue weighted by atomic mass is 35.5. The predicted octanol–water partition coefficient (Wildman–Crippen LogP) is 2.37. The van der Waals surface area contributed by atoms with Crippen LogP contribution in [0.5, 0.6) is 0 Å². The van der Waals surface area contributed by atoms with Gasteiger partial charge >= 0.3 is 0 Å². The summed E-state index contributed by atoms with van der Waals surface area (Å²) in [5.41, 5.74) is 0.379. The average Bonchev–Trinajstić information content (AvgIpc) is 2.46. The van der Waals surface area contributed by atoms with Crippen LogP contribution < -0.4 is 4.90 Å². The molecule has 0 unspecified atom stereocenters. The zero-order valence-electron chi connectivity index (χ0n) is 8.50. The first-order valence-electron chi connectivity index (χ1n) is 4.79. The van der Waals surface area contributed by atoms with Crippen molar-refractivity contribution >= 4 is 17.4 Å². The van der Waals surface area contributed by atoms with E-state index in [4.69, 9.17) is 11.6 Å². The average molecular weight is 212 g/mol. The van der Waals surface area contributed by atoms with Crippen LogP contribution >= 0.6 is 11.6 Å². The Morgan fingerprint density at radius 2 is 2.21 bits per heavy atom. The quantitative estimate of drug-likeness (QED) is 0.714. The minimum absolute atomic E-state index is 0.379.